The second-order valence-corrected chi connectivity index (χ2v) is 4.52. The van der Waals surface area contributed by atoms with Crippen molar-refractivity contribution in [1.29, 1.82) is 0 Å². The first-order valence-corrected chi connectivity index (χ1v) is 5.86. The molecule has 2 N–H and O–H groups in total. The Morgan fingerprint density at radius 3 is 2.62 bits per heavy atom. The van der Waals surface area contributed by atoms with Crippen LogP contribution in [-0.2, 0) is 6.42 Å². The van der Waals surface area contributed by atoms with Crippen molar-refractivity contribution in [2.45, 2.75) is 33.6 Å². The van der Waals surface area contributed by atoms with E-state index in [0.717, 1.165) is 30.8 Å². The van der Waals surface area contributed by atoms with Gasteiger partial charge in [-0.05, 0) is 18.8 Å². The predicted molar refractivity (Wildman–Crippen MR) is 68.5 cm³/mol. The summed E-state index contributed by atoms with van der Waals surface area (Å²) in [7, 11) is 2.06. The minimum absolute atomic E-state index is 0.601. The first kappa shape index (κ1) is 12.7. The lowest BCUT2D eigenvalue weighted by molar-refractivity contribution is 0.583. The van der Waals surface area contributed by atoms with Crippen LogP contribution in [0.15, 0.2) is 6.33 Å². The summed E-state index contributed by atoms with van der Waals surface area (Å²) in [5.41, 5.74) is 6.90. The number of nitrogens with zero attached hydrogens (tertiary/aromatic N) is 3. The summed E-state index contributed by atoms with van der Waals surface area (Å²) >= 11 is 0. The molecular weight excluding hydrogens is 200 g/mol. The third-order valence-corrected chi connectivity index (χ3v) is 2.71. The van der Waals surface area contributed by atoms with Crippen molar-refractivity contribution in [3.05, 3.63) is 11.9 Å². The number of hydrogen-bond acceptors (Lipinski definition) is 4. The smallest absolute Gasteiger partial charge is 0.137 e. The molecule has 0 atom stereocenters. The van der Waals surface area contributed by atoms with Crippen molar-refractivity contribution in [3.63, 3.8) is 0 Å². The van der Waals surface area contributed by atoms with Gasteiger partial charge in [0.1, 0.15) is 18.0 Å². The van der Waals surface area contributed by atoms with E-state index in [2.05, 4.69) is 42.7 Å². The third kappa shape index (κ3) is 3.08. The number of aromatic nitrogens is 2. The van der Waals surface area contributed by atoms with Crippen molar-refractivity contribution in [1.82, 2.24) is 9.97 Å². The van der Waals surface area contributed by atoms with Gasteiger partial charge in [0.2, 0.25) is 0 Å². The molecule has 90 valence electrons. The van der Waals surface area contributed by atoms with Gasteiger partial charge in [0.15, 0.2) is 0 Å². The summed E-state index contributed by atoms with van der Waals surface area (Å²) in [5, 5.41) is 0. The maximum Gasteiger partial charge on any atom is 0.137 e. The van der Waals surface area contributed by atoms with Crippen LogP contribution < -0.4 is 10.6 Å². The first-order valence-electron chi connectivity index (χ1n) is 5.86. The summed E-state index contributed by atoms with van der Waals surface area (Å²) in [5.74, 6) is 2.27. The molecule has 0 aliphatic carbocycles. The van der Waals surface area contributed by atoms with Crippen LogP contribution in [-0.4, -0.2) is 23.6 Å². The average molecular weight is 222 g/mol. The first-order chi connectivity index (χ1) is 7.56. The van der Waals surface area contributed by atoms with Gasteiger partial charge >= 0.3 is 0 Å². The number of nitrogen functional groups attached to an aromatic ring is 1. The van der Waals surface area contributed by atoms with Crippen molar-refractivity contribution in [2.24, 2.45) is 5.92 Å². The molecule has 0 amide bonds. The summed E-state index contributed by atoms with van der Waals surface area (Å²) in [6, 6.07) is 0. The summed E-state index contributed by atoms with van der Waals surface area (Å²) in [4.78, 5) is 10.5. The van der Waals surface area contributed by atoms with E-state index in [4.69, 9.17) is 5.73 Å². The molecule has 1 aromatic heterocycles. The topological polar surface area (TPSA) is 55.0 Å². The highest BCUT2D eigenvalue weighted by molar-refractivity contribution is 5.56. The normalized spacial score (nSPS) is 10.8. The number of nitrogens with two attached hydrogens (primary N) is 1. The van der Waals surface area contributed by atoms with Crippen LogP contribution in [0.3, 0.4) is 0 Å². The van der Waals surface area contributed by atoms with Crippen molar-refractivity contribution in [2.75, 3.05) is 24.2 Å². The summed E-state index contributed by atoms with van der Waals surface area (Å²) in [6.45, 7) is 7.53. The predicted octanol–water partition coefficient (Wildman–Crippen LogP) is 2.10. The average Bonchev–Trinajstić information content (AvgIpc) is 2.25. The zero-order valence-corrected chi connectivity index (χ0v) is 10.7. The molecule has 4 heteroatoms. The molecule has 0 fully saturated rings. The second-order valence-electron chi connectivity index (χ2n) is 4.52. The Bertz CT molecular complexity index is 336. The van der Waals surface area contributed by atoms with Crippen LogP contribution in [0.4, 0.5) is 11.6 Å². The van der Waals surface area contributed by atoms with Gasteiger partial charge in [-0.2, -0.15) is 0 Å². The molecule has 0 unspecified atom stereocenters. The zero-order chi connectivity index (χ0) is 12.1. The Labute approximate surface area is 97.9 Å². The Balaban J connectivity index is 2.82. The molecule has 0 bridgehead atoms. The third-order valence-electron chi connectivity index (χ3n) is 2.71. The Hall–Kier alpha value is -1.32. The molecule has 0 spiro atoms. The SMILES string of the molecule is CCc1c(N)ncnc1N(C)CCC(C)C. The summed E-state index contributed by atoms with van der Waals surface area (Å²) in [6.07, 6.45) is 3.56. The van der Waals surface area contributed by atoms with Crippen LogP contribution in [0.25, 0.3) is 0 Å². The second kappa shape index (κ2) is 5.68. The molecule has 0 saturated carbocycles. The quantitative estimate of drug-likeness (QED) is 0.829. The lowest BCUT2D eigenvalue weighted by Gasteiger charge is -2.22. The number of rotatable bonds is 5. The van der Waals surface area contributed by atoms with Crippen molar-refractivity contribution >= 4 is 11.6 Å². The van der Waals surface area contributed by atoms with E-state index in [1.807, 2.05) is 0 Å². The fraction of sp³-hybridized carbons (Fsp3) is 0.667. The molecule has 0 aromatic carbocycles. The van der Waals surface area contributed by atoms with Gasteiger partial charge in [0, 0.05) is 19.2 Å². The molecule has 1 aromatic rings. The maximum atomic E-state index is 5.85. The van der Waals surface area contributed by atoms with E-state index >= 15 is 0 Å². The van der Waals surface area contributed by atoms with E-state index in [1.54, 1.807) is 0 Å². The molecular formula is C12H22N4. The van der Waals surface area contributed by atoms with Crippen LogP contribution in [0.2, 0.25) is 0 Å². The van der Waals surface area contributed by atoms with Gasteiger partial charge < -0.3 is 10.6 Å². The molecule has 1 heterocycles. The van der Waals surface area contributed by atoms with E-state index < -0.39 is 0 Å². The van der Waals surface area contributed by atoms with Crippen LogP contribution in [0.1, 0.15) is 32.8 Å². The Morgan fingerprint density at radius 1 is 1.38 bits per heavy atom. The fourth-order valence-corrected chi connectivity index (χ4v) is 1.64. The summed E-state index contributed by atoms with van der Waals surface area (Å²) < 4.78 is 0. The van der Waals surface area contributed by atoms with Gasteiger partial charge in [-0.1, -0.05) is 20.8 Å². The molecule has 0 radical (unpaired) electrons. The lowest BCUT2D eigenvalue weighted by atomic mass is 10.1. The standard InChI is InChI=1S/C12H22N4/c1-5-10-11(13)14-8-15-12(10)16(4)7-6-9(2)3/h8-9H,5-7H2,1-4H3,(H2,13,14,15). The lowest BCUT2D eigenvalue weighted by Crippen LogP contribution is -2.23. The monoisotopic (exact) mass is 222 g/mol. The highest BCUT2D eigenvalue weighted by Crippen LogP contribution is 2.21. The molecule has 1 rings (SSSR count). The number of hydrogen-bond donors (Lipinski definition) is 1. The fourth-order valence-electron chi connectivity index (χ4n) is 1.64. The van der Waals surface area contributed by atoms with Crippen molar-refractivity contribution < 1.29 is 0 Å². The van der Waals surface area contributed by atoms with Gasteiger partial charge in [-0.25, -0.2) is 9.97 Å². The van der Waals surface area contributed by atoms with Gasteiger partial charge in [-0.15, -0.1) is 0 Å². The van der Waals surface area contributed by atoms with Crippen molar-refractivity contribution in [3.8, 4) is 0 Å². The molecule has 0 saturated heterocycles. The molecule has 4 nitrogen and oxygen atoms in total. The van der Waals surface area contributed by atoms with Crippen LogP contribution in [0.5, 0.6) is 0 Å². The molecule has 0 aliphatic rings. The van der Waals surface area contributed by atoms with E-state index in [-0.39, 0.29) is 0 Å². The zero-order valence-electron chi connectivity index (χ0n) is 10.7. The van der Waals surface area contributed by atoms with Crippen LogP contribution >= 0.6 is 0 Å². The highest BCUT2D eigenvalue weighted by Gasteiger charge is 2.11. The number of anilines is 2. The van der Waals surface area contributed by atoms with Gasteiger partial charge in [0.25, 0.3) is 0 Å². The Kier molecular flexibility index (Phi) is 4.52. The maximum absolute atomic E-state index is 5.85. The van der Waals surface area contributed by atoms with E-state index in [0.29, 0.717) is 11.7 Å². The molecule has 0 aliphatic heterocycles. The largest absolute Gasteiger partial charge is 0.383 e. The van der Waals surface area contributed by atoms with Gasteiger partial charge in [0.05, 0.1) is 0 Å². The minimum Gasteiger partial charge on any atom is -0.383 e. The van der Waals surface area contributed by atoms with E-state index in [1.165, 1.54) is 6.33 Å². The van der Waals surface area contributed by atoms with Gasteiger partial charge in [-0.3, -0.25) is 0 Å². The van der Waals surface area contributed by atoms with E-state index in [9.17, 15) is 0 Å². The Morgan fingerprint density at radius 2 is 2.06 bits per heavy atom. The molecule has 16 heavy (non-hydrogen) atoms. The van der Waals surface area contributed by atoms with Crippen LogP contribution in [0, 0.1) is 5.92 Å². The minimum atomic E-state index is 0.601. The highest BCUT2D eigenvalue weighted by atomic mass is 15.2.